The molecule has 0 spiro atoms. The quantitative estimate of drug-likeness (QED) is 0.185. The van der Waals surface area contributed by atoms with Crippen molar-refractivity contribution < 1.29 is 12.5 Å². The molecule has 2 aromatic carbocycles. The van der Waals surface area contributed by atoms with Crippen LogP contribution in [0.25, 0.3) is 27.7 Å². The smallest absolute Gasteiger partial charge is 0.294 e. The number of nitrogens with zero attached hydrogens (tertiary/aromatic N) is 6. The molecular weight excluding hydrogens is 506 g/mol. The van der Waals surface area contributed by atoms with E-state index in [-0.39, 0.29) is 13.5 Å². The molecule has 0 bridgehead atoms. The van der Waals surface area contributed by atoms with Gasteiger partial charge in [-0.15, -0.1) is 0 Å². The molecule has 10 heteroatoms. The highest BCUT2D eigenvalue weighted by atomic mass is 16.6. The third kappa shape index (κ3) is 5.10. The van der Waals surface area contributed by atoms with Crippen LogP contribution in [0.3, 0.4) is 0 Å². The highest BCUT2D eigenvalue weighted by Gasteiger charge is 2.24. The average Bonchev–Trinajstić information content (AvgIpc) is 3.31. The van der Waals surface area contributed by atoms with Crippen molar-refractivity contribution >= 4 is 39.5 Å². The molecule has 40 heavy (non-hydrogen) atoms. The second kappa shape index (κ2) is 11.0. The van der Waals surface area contributed by atoms with Crippen molar-refractivity contribution in [2.75, 3.05) is 51.6 Å². The van der Waals surface area contributed by atoms with Crippen molar-refractivity contribution in [3.63, 3.8) is 0 Å². The largest absolute Gasteiger partial charge is 0.494 e. The first-order chi connectivity index (χ1) is 19.2. The zero-order chi connectivity index (χ0) is 28.6. The number of methoxy groups -OCH3 is 1. The van der Waals surface area contributed by atoms with Gasteiger partial charge in [-0.2, -0.15) is 0 Å². The Morgan fingerprint density at radius 2 is 2.08 bits per heavy atom. The van der Waals surface area contributed by atoms with Crippen LogP contribution in [0.15, 0.2) is 49.3 Å². The van der Waals surface area contributed by atoms with Gasteiger partial charge in [0.15, 0.2) is 0 Å². The summed E-state index contributed by atoms with van der Waals surface area (Å²) >= 11 is 0. The average molecular weight is 546 g/mol. The fourth-order valence-corrected chi connectivity index (χ4v) is 5.27. The maximum Gasteiger partial charge on any atom is 0.294 e. The predicted molar refractivity (Wildman–Crippen MR) is 165 cm³/mol. The van der Waals surface area contributed by atoms with Crippen LogP contribution < -0.4 is 15.0 Å². The molecule has 0 fully saturated rings. The molecule has 5 rings (SSSR count). The molecule has 0 saturated heterocycles. The van der Waals surface area contributed by atoms with Gasteiger partial charge in [-0.3, -0.25) is 10.1 Å². The lowest BCUT2D eigenvalue weighted by molar-refractivity contribution is -0.384. The van der Waals surface area contributed by atoms with E-state index in [9.17, 15) is 10.1 Å². The lowest BCUT2D eigenvalue weighted by Gasteiger charge is -2.22. The number of likely N-dealkylation sites (N-methyl/N-ethyl adjacent to an activating group) is 2. The van der Waals surface area contributed by atoms with E-state index >= 15 is 0 Å². The van der Waals surface area contributed by atoms with Gasteiger partial charge >= 0.3 is 0 Å². The van der Waals surface area contributed by atoms with Crippen LogP contribution in [0.4, 0.5) is 23.0 Å². The van der Waals surface area contributed by atoms with Crippen LogP contribution in [-0.4, -0.2) is 65.7 Å². The number of hydrogen-bond acceptors (Lipinski definition) is 8. The first-order valence-electron chi connectivity index (χ1n) is 13.3. The number of hydrogen-bond donors (Lipinski definition) is 1. The number of nitro groups is 1. The topological polar surface area (TPSA) is 102 Å². The Kier molecular flexibility index (Phi) is 7.44. The fraction of sp³-hybridized carbons (Fsp3) is 0.333. The van der Waals surface area contributed by atoms with E-state index < -0.39 is 0 Å². The number of allylic oxidation sites excluding steroid dienone is 1. The first kappa shape index (κ1) is 27.1. The Morgan fingerprint density at radius 3 is 2.77 bits per heavy atom. The van der Waals surface area contributed by atoms with Gasteiger partial charge in [-0.1, -0.05) is 24.8 Å². The highest BCUT2D eigenvalue weighted by molar-refractivity contribution is 5.99. The molecule has 212 valence electrons. The second-order valence-electron chi connectivity index (χ2n) is 10.5. The summed E-state index contributed by atoms with van der Waals surface area (Å²) < 4.78 is 7.95. The molecule has 0 amide bonds. The standard InChI is InChI=1S/C30H35N7O3.2H2/c1-19(2)22-17-31-30(33-28(22)23-18-36-12-8-10-20-9-7-11-21(23)29(20)36)32-24-15-26(37(38)39)25(16-27(24)40-6)35(5)14-13-34(3)4;;/h7,9,11,15-18H,1,8,10,12-14H2,2-6H3,(H,31,32,33);2*1H. The van der Waals surface area contributed by atoms with Gasteiger partial charge in [-0.05, 0) is 45.0 Å². The number of anilines is 3. The lowest BCUT2D eigenvalue weighted by Crippen LogP contribution is -2.28. The summed E-state index contributed by atoms with van der Waals surface area (Å²) in [6.07, 6.45) is 6.08. The summed E-state index contributed by atoms with van der Waals surface area (Å²) in [7, 11) is 7.31. The predicted octanol–water partition coefficient (Wildman–Crippen LogP) is 6.23. The number of nitro benzene ring substituents is 1. The molecule has 1 aliphatic rings. The minimum Gasteiger partial charge on any atom is -0.494 e. The van der Waals surface area contributed by atoms with E-state index in [0.717, 1.165) is 53.7 Å². The van der Waals surface area contributed by atoms with E-state index in [1.807, 2.05) is 37.9 Å². The van der Waals surface area contributed by atoms with Crippen molar-refractivity contribution in [1.29, 1.82) is 0 Å². The van der Waals surface area contributed by atoms with Crippen LogP contribution in [0.1, 0.15) is 27.3 Å². The Morgan fingerprint density at radius 1 is 1.27 bits per heavy atom. The van der Waals surface area contributed by atoms with Gasteiger partial charge in [0.25, 0.3) is 5.69 Å². The number of ether oxygens (including phenoxy) is 1. The summed E-state index contributed by atoms with van der Waals surface area (Å²) in [6, 6.07) is 9.58. The third-order valence-corrected chi connectivity index (χ3v) is 7.36. The maximum atomic E-state index is 12.1. The Bertz CT molecular complexity index is 1620. The van der Waals surface area contributed by atoms with Crippen LogP contribution in [0.5, 0.6) is 5.75 Å². The minimum absolute atomic E-state index is 0. The van der Waals surface area contributed by atoms with E-state index in [0.29, 0.717) is 29.6 Å². The Labute approximate surface area is 237 Å². The number of para-hydroxylation sites is 1. The van der Waals surface area contributed by atoms with E-state index in [1.165, 1.54) is 17.1 Å². The monoisotopic (exact) mass is 545 g/mol. The van der Waals surface area contributed by atoms with Gasteiger partial charge in [0.05, 0.1) is 28.9 Å². The molecule has 4 aromatic rings. The fourth-order valence-electron chi connectivity index (χ4n) is 5.27. The SMILES string of the molecule is C=C(C)c1cnc(Nc2cc([N+](=O)[O-])c(N(C)CCN(C)C)cc2OC)nc1-c1cn2c3c(cccc13)CCC2.[HH].[HH]. The molecule has 0 unspecified atom stereocenters. The van der Waals surface area contributed by atoms with Crippen molar-refractivity contribution in [2.24, 2.45) is 0 Å². The van der Waals surface area contributed by atoms with Gasteiger partial charge in [0.2, 0.25) is 5.95 Å². The maximum absolute atomic E-state index is 12.1. The molecule has 2 aromatic heterocycles. The zero-order valence-electron chi connectivity index (χ0n) is 23.7. The van der Waals surface area contributed by atoms with Crippen molar-refractivity contribution in [3.8, 4) is 17.0 Å². The van der Waals surface area contributed by atoms with E-state index in [4.69, 9.17) is 9.72 Å². The minimum atomic E-state index is -0.378. The molecule has 0 aliphatic carbocycles. The van der Waals surface area contributed by atoms with Crippen molar-refractivity contribution in [1.82, 2.24) is 19.4 Å². The van der Waals surface area contributed by atoms with Gasteiger partial charge in [-0.25, -0.2) is 9.97 Å². The van der Waals surface area contributed by atoms with Crippen LogP contribution in [0, 0.1) is 10.1 Å². The normalized spacial score (nSPS) is 12.6. The van der Waals surface area contributed by atoms with Crippen molar-refractivity contribution in [3.05, 3.63) is 70.5 Å². The molecular formula is C30H39N7O3. The molecule has 0 radical (unpaired) electrons. The van der Waals surface area contributed by atoms with E-state index in [1.54, 1.807) is 19.4 Å². The summed E-state index contributed by atoms with van der Waals surface area (Å²) in [4.78, 5) is 25.1. The number of rotatable bonds is 10. The van der Waals surface area contributed by atoms with Crippen molar-refractivity contribution in [2.45, 2.75) is 26.3 Å². The summed E-state index contributed by atoms with van der Waals surface area (Å²) in [5.74, 6) is 0.770. The molecule has 10 nitrogen and oxygen atoms in total. The first-order valence-corrected chi connectivity index (χ1v) is 13.3. The van der Waals surface area contributed by atoms with Crippen LogP contribution in [-0.2, 0) is 13.0 Å². The summed E-state index contributed by atoms with van der Waals surface area (Å²) in [5, 5.41) is 16.4. The third-order valence-electron chi connectivity index (χ3n) is 7.36. The Balaban J connectivity index is 0.00000242. The van der Waals surface area contributed by atoms with Crippen LogP contribution >= 0.6 is 0 Å². The van der Waals surface area contributed by atoms with Gasteiger partial charge in [0, 0.05) is 70.6 Å². The number of nitrogens with one attached hydrogen (secondary N) is 1. The number of aromatic nitrogens is 3. The Hall–Kier alpha value is -4.44. The van der Waals surface area contributed by atoms with Gasteiger partial charge in [0.1, 0.15) is 11.4 Å². The van der Waals surface area contributed by atoms with Crippen LogP contribution in [0.2, 0.25) is 0 Å². The molecule has 1 aliphatic heterocycles. The lowest BCUT2D eigenvalue weighted by atomic mass is 9.99. The van der Waals surface area contributed by atoms with E-state index in [2.05, 4.69) is 45.8 Å². The summed E-state index contributed by atoms with van der Waals surface area (Å²) in [6.45, 7) is 8.43. The highest BCUT2D eigenvalue weighted by Crippen LogP contribution is 2.40. The molecule has 0 atom stereocenters. The molecule has 1 N–H and O–H groups in total. The zero-order valence-corrected chi connectivity index (χ0v) is 23.7. The second-order valence-corrected chi connectivity index (χ2v) is 10.5. The molecule has 3 heterocycles. The summed E-state index contributed by atoms with van der Waals surface area (Å²) in [5.41, 5.74) is 6.93. The number of benzene rings is 2. The number of aryl methyl sites for hydroxylation is 2. The van der Waals surface area contributed by atoms with Gasteiger partial charge < -0.3 is 24.4 Å². The molecule has 0 saturated carbocycles.